The van der Waals surface area contributed by atoms with Gasteiger partial charge in [0.15, 0.2) is 0 Å². The molecule has 2 aromatic rings. The fraction of sp³-hybridized carbons (Fsp3) is 0.333. The summed E-state index contributed by atoms with van der Waals surface area (Å²) in [6, 6.07) is 6.93. The first kappa shape index (κ1) is 15.1. The molecule has 1 unspecified atom stereocenters. The number of benzene rings is 1. The Hall–Kier alpha value is -2.34. The van der Waals surface area contributed by atoms with Gasteiger partial charge < -0.3 is 14.8 Å². The minimum atomic E-state index is -0.100. The highest BCUT2D eigenvalue weighted by Crippen LogP contribution is 2.29. The van der Waals surface area contributed by atoms with Gasteiger partial charge in [0.05, 0.1) is 26.6 Å². The van der Waals surface area contributed by atoms with E-state index in [1.54, 1.807) is 18.8 Å². The SMILES string of the molecule is CNC(Cn1cnccc1=O)c1cc(OC)ccc1OC. The second kappa shape index (κ2) is 6.90. The van der Waals surface area contributed by atoms with Crippen LogP contribution in [0.1, 0.15) is 11.6 Å². The van der Waals surface area contributed by atoms with E-state index in [4.69, 9.17) is 9.47 Å². The molecule has 0 saturated carbocycles. The van der Waals surface area contributed by atoms with Gasteiger partial charge in [0.1, 0.15) is 11.5 Å². The molecule has 1 atom stereocenters. The van der Waals surface area contributed by atoms with Crippen LogP contribution in [-0.4, -0.2) is 30.8 Å². The van der Waals surface area contributed by atoms with Crippen molar-refractivity contribution in [1.82, 2.24) is 14.9 Å². The smallest absolute Gasteiger partial charge is 0.253 e. The van der Waals surface area contributed by atoms with E-state index in [0.717, 1.165) is 17.1 Å². The first-order valence-corrected chi connectivity index (χ1v) is 6.59. The van der Waals surface area contributed by atoms with Crippen molar-refractivity contribution in [1.29, 1.82) is 0 Å². The van der Waals surface area contributed by atoms with Crippen molar-refractivity contribution in [3.8, 4) is 11.5 Å². The van der Waals surface area contributed by atoms with E-state index in [2.05, 4.69) is 10.3 Å². The third-order valence-corrected chi connectivity index (χ3v) is 3.33. The first-order chi connectivity index (χ1) is 10.2. The Labute approximate surface area is 123 Å². The summed E-state index contributed by atoms with van der Waals surface area (Å²) in [7, 11) is 5.07. The van der Waals surface area contributed by atoms with Gasteiger partial charge in [-0.05, 0) is 25.2 Å². The van der Waals surface area contributed by atoms with Crippen LogP contribution in [0.4, 0.5) is 0 Å². The maximum absolute atomic E-state index is 11.8. The molecule has 0 aliphatic rings. The topological polar surface area (TPSA) is 65.4 Å². The van der Waals surface area contributed by atoms with E-state index in [1.165, 1.54) is 18.6 Å². The van der Waals surface area contributed by atoms with Crippen molar-refractivity contribution in [2.45, 2.75) is 12.6 Å². The maximum atomic E-state index is 11.8. The van der Waals surface area contributed by atoms with Crippen LogP contribution in [0.15, 0.2) is 41.6 Å². The van der Waals surface area contributed by atoms with Crippen LogP contribution < -0.4 is 20.3 Å². The van der Waals surface area contributed by atoms with Crippen LogP contribution in [0.2, 0.25) is 0 Å². The van der Waals surface area contributed by atoms with E-state index >= 15 is 0 Å². The largest absolute Gasteiger partial charge is 0.497 e. The van der Waals surface area contributed by atoms with Gasteiger partial charge in [-0.2, -0.15) is 0 Å². The van der Waals surface area contributed by atoms with E-state index < -0.39 is 0 Å². The molecule has 112 valence electrons. The summed E-state index contributed by atoms with van der Waals surface area (Å²) in [5.74, 6) is 1.48. The number of aromatic nitrogens is 2. The number of hydrogen-bond acceptors (Lipinski definition) is 5. The van der Waals surface area contributed by atoms with Gasteiger partial charge in [-0.15, -0.1) is 0 Å². The molecule has 21 heavy (non-hydrogen) atoms. The van der Waals surface area contributed by atoms with E-state index in [0.29, 0.717) is 6.54 Å². The number of nitrogens with zero attached hydrogens (tertiary/aromatic N) is 2. The quantitative estimate of drug-likeness (QED) is 0.866. The molecule has 6 nitrogen and oxygen atoms in total. The molecule has 2 rings (SSSR count). The first-order valence-electron chi connectivity index (χ1n) is 6.59. The summed E-state index contributed by atoms with van der Waals surface area (Å²) >= 11 is 0. The van der Waals surface area contributed by atoms with E-state index in [1.807, 2.05) is 25.2 Å². The van der Waals surface area contributed by atoms with E-state index in [-0.39, 0.29) is 11.6 Å². The van der Waals surface area contributed by atoms with Crippen LogP contribution in [0.3, 0.4) is 0 Å². The lowest BCUT2D eigenvalue weighted by Gasteiger charge is -2.20. The Balaban J connectivity index is 2.37. The average Bonchev–Trinajstić information content (AvgIpc) is 2.53. The molecule has 0 aliphatic heterocycles. The molecule has 0 radical (unpaired) electrons. The lowest BCUT2D eigenvalue weighted by Crippen LogP contribution is -2.28. The normalized spacial score (nSPS) is 12.0. The molecule has 1 heterocycles. The standard InChI is InChI=1S/C15H19N3O3/c1-16-13(9-18-10-17-7-6-15(18)19)12-8-11(20-2)4-5-14(12)21-3/h4-8,10,13,16H,9H2,1-3H3. The number of hydrogen-bond donors (Lipinski definition) is 1. The van der Waals surface area contributed by atoms with Crippen molar-refractivity contribution < 1.29 is 9.47 Å². The maximum Gasteiger partial charge on any atom is 0.253 e. The molecule has 0 bridgehead atoms. The van der Waals surface area contributed by atoms with Crippen LogP contribution in [-0.2, 0) is 6.54 Å². The van der Waals surface area contributed by atoms with E-state index in [9.17, 15) is 4.79 Å². The second-order valence-electron chi connectivity index (χ2n) is 4.52. The predicted molar refractivity (Wildman–Crippen MR) is 79.8 cm³/mol. The lowest BCUT2D eigenvalue weighted by molar-refractivity contribution is 0.384. The lowest BCUT2D eigenvalue weighted by atomic mass is 10.0. The van der Waals surface area contributed by atoms with Crippen molar-refractivity contribution in [3.05, 3.63) is 52.7 Å². The van der Waals surface area contributed by atoms with Gasteiger partial charge in [0.25, 0.3) is 5.56 Å². The zero-order valence-electron chi connectivity index (χ0n) is 12.4. The van der Waals surface area contributed by atoms with Gasteiger partial charge in [-0.25, -0.2) is 4.98 Å². The minimum absolute atomic E-state index is 0.0906. The second-order valence-corrected chi connectivity index (χ2v) is 4.52. The summed E-state index contributed by atoms with van der Waals surface area (Å²) in [6.45, 7) is 0.451. The highest BCUT2D eigenvalue weighted by molar-refractivity contribution is 5.42. The molecular weight excluding hydrogens is 270 g/mol. The van der Waals surface area contributed by atoms with Crippen molar-refractivity contribution in [2.75, 3.05) is 21.3 Å². The van der Waals surface area contributed by atoms with Gasteiger partial charge in [0, 0.05) is 24.4 Å². The Morgan fingerprint density at radius 3 is 2.71 bits per heavy atom. The molecule has 0 aliphatic carbocycles. The third-order valence-electron chi connectivity index (χ3n) is 3.33. The highest BCUT2D eigenvalue weighted by atomic mass is 16.5. The number of ether oxygens (including phenoxy) is 2. The summed E-state index contributed by atoms with van der Waals surface area (Å²) < 4.78 is 12.2. The zero-order valence-corrected chi connectivity index (χ0v) is 12.4. The monoisotopic (exact) mass is 289 g/mol. The van der Waals surface area contributed by atoms with Gasteiger partial charge in [-0.1, -0.05) is 0 Å². The molecule has 1 aromatic carbocycles. The van der Waals surface area contributed by atoms with Crippen LogP contribution in [0.5, 0.6) is 11.5 Å². The minimum Gasteiger partial charge on any atom is -0.497 e. The average molecular weight is 289 g/mol. The Morgan fingerprint density at radius 2 is 2.10 bits per heavy atom. The van der Waals surface area contributed by atoms with Gasteiger partial charge >= 0.3 is 0 Å². The fourth-order valence-electron chi connectivity index (χ4n) is 2.17. The Morgan fingerprint density at radius 1 is 1.29 bits per heavy atom. The van der Waals surface area contributed by atoms with Gasteiger partial charge in [0.2, 0.25) is 0 Å². The molecule has 0 spiro atoms. The molecule has 0 amide bonds. The predicted octanol–water partition coefficient (Wildman–Crippen LogP) is 1.22. The molecular formula is C15H19N3O3. The molecule has 1 N–H and O–H groups in total. The van der Waals surface area contributed by atoms with Crippen molar-refractivity contribution in [3.63, 3.8) is 0 Å². The zero-order chi connectivity index (χ0) is 15.2. The van der Waals surface area contributed by atoms with Crippen LogP contribution in [0.25, 0.3) is 0 Å². The van der Waals surface area contributed by atoms with Crippen molar-refractivity contribution in [2.24, 2.45) is 0 Å². The molecule has 0 saturated heterocycles. The summed E-state index contributed by atoms with van der Waals surface area (Å²) in [5, 5.41) is 3.20. The number of nitrogens with one attached hydrogen (secondary N) is 1. The molecule has 1 aromatic heterocycles. The molecule has 0 fully saturated rings. The summed E-state index contributed by atoms with van der Waals surface area (Å²) in [6.07, 6.45) is 3.01. The van der Waals surface area contributed by atoms with Crippen LogP contribution >= 0.6 is 0 Å². The molecule has 6 heteroatoms. The highest BCUT2D eigenvalue weighted by Gasteiger charge is 2.16. The van der Waals surface area contributed by atoms with Gasteiger partial charge in [-0.3, -0.25) is 9.36 Å². The van der Waals surface area contributed by atoms with Crippen LogP contribution in [0, 0.1) is 0 Å². The summed E-state index contributed by atoms with van der Waals surface area (Å²) in [5.41, 5.74) is 0.835. The Kier molecular flexibility index (Phi) is 4.94. The van der Waals surface area contributed by atoms with Crippen molar-refractivity contribution >= 4 is 0 Å². The third kappa shape index (κ3) is 3.41. The number of methoxy groups -OCH3 is 2. The Bertz CT molecular complexity index is 655. The fourth-order valence-corrected chi connectivity index (χ4v) is 2.17. The number of rotatable bonds is 6. The summed E-state index contributed by atoms with van der Waals surface area (Å²) in [4.78, 5) is 15.8. The number of likely N-dealkylation sites (N-methyl/N-ethyl adjacent to an activating group) is 1.